The SMILES string of the molecule is CC(C)NC(=O)OC1CC[C@H](c2cc(Nc3cccc4c3CCC4(F)F)n[nH]2)C1.CC(C)NC(=O)O[C@@H]1CC[C@H](c2cc(Nc3cccc4c3C(F)(F)CC4)n[nH]2)C1. The maximum absolute atomic E-state index is 14.3. The fourth-order valence-corrected chi connectivity index (χ4v) is 8.49. The number of halogens is 4. The molecule has 4 atom stereocenters. The molecule has 8 rings (SSSR count). The van der Waals surface area contributed by atoms with Gasteiger partial charge in [0, 0.05) is 82.8 Å². The average Bonchev–Trinajstić information content (AvgIpc) is 4.00. The molecular weight excluding hydrogens is 757 g/mol. The number of hydrogen-bond donors (Lipinski definition) is 6. The van der Waals surface area contributed by atoms with Crippen molar-refractivity contribution in [3.8, 4) is 0 Å². The number of fused-ring (bicyclic) bond motifs is 2. The molecule has 2 saturated carbocycles. The van der Waals surface area contributed by atoms with Gasteiger partial charge in [-0.2, -0.15) is 10.2 Å². The van der Waals surface area contributed by atoms with Crippen molar-refractivity contribution in [3.63, 3.8) is 0 Å². The lowest BCUT2D eigenvalue weighted by atomic mass is 10.0. The van der Waals surface area contributed by atoms with Crippen LogP contribution in [0, 0.1) is 0 Å². The van der Waals surface area contributed by atoms with Gasteiger partial charge in [0.2, 0.25) is 0 Å². The van der Waals surface area contributed by atoms with Crippen LogP contribution in [-0.4, -0.2) is 56.9 Å². The molecule has 0 aliphatic heterocycles. The maximum Gasteiger partial charge on any atom is 0.407 e. The monoisotopic (exact) mass is 808 g/mol. The molecule has 0 radical (unpaired) electrons. The number of aryl methyl sites for hydroxylation is 1. The number of ether oxygens (including phenoxy) is 2. The first-order valence-corrected chi connectivity index (χ1v) is 20.2. The molecule has 312 valence electrons. The molecule has 2 amide bonds. The van der Waals surface area contributed by atoms with Gasteiger partial charge in [-0.15, -0.1) is 0 Å². The minimum Gasteiger partial charge on any atom is -0.446 e. The summed E-state index contributed by atoms with van der Waals surface area (Å²) in [6, 6.07) is 14.0. The highest BCUT2D eigenvalue weighted by Gasteiger charge is 2.42. The van der Waals surface area contributed by atoms with Gasteiger partial charge in [-0.1, -0.05) is 24.3 Å². The van der Waals surface area contributed by atoms with Gasteiger partial charge in [-0.05, 0) is 102 Å². The van der Waals surface area contributed by atoms with E-state index in [2.05, 4.69) is 41.7 Å². The molecule has 12 nitrogen and oxygen atoms in total. The first-order chi connectivity index (χ1) is 27.6. The normalized spacial score (nSPS) is 22.5. The predicted molar refractivity (Wildman–Crippen MR) is 211 cm³/mol. The van der Waals surface area contributed by atoms with E-state index in [9.17, 15) is 27.2 Å². The number of amides is 2. The Balaban J connectivity index is 0.000000177. The van der Waals surface area contributed by atoms with Crippen LogP contribution in [0.4, 0.5) is 50.2 Å². The number of hydrogen-bond acceptors (Lipinski definition) is 8. The Hall–Kier alpha value is -5.28. The van der Waals surface area contributed by atoms with Crippen molar-refractivity contribution in [3.05, 3.63) is 82.2 Å². The molecule has 4 aliphatic rings. The van der Waals surface area contributed by atoms with Crippen LogP contribution < -0.4 is 21.3 Å². The first-order valence-electron chi connectivity index (χ1n) is 20.2. The summed E-state index contributed by atoms with van der Waals surface area (Å²) in [5.74, 6) is -4.04. The number of H-pyrrole nitrogens is 2. The van der Waals surface area contributed by atoms with Crippen LogP contribution in [0.2, 0.25) is 0 Å². The zero-order valence-electron chi connectivity index (χ0n) is 33.2. The second-order valence-corrected chi connectivity index (χ2v) is 16.4. The highest BCUT2D eigenvalue weighted by Crippen LogP contribution is 2.47. The number of alkyl halides is 4. The zero-order valence-corrected chi connectivity index (χ0v) is 33.2. The van der Waals surface area contributed by atoms with E-state index in [1.165, 1.54) is 6.07 Å². The topological polar surface area (TPSA) is 158 Å². The number of benzene rings is 2. The van der Waals surface area contributed by atoms with Crippen molar-refractivity contribution >= 4 is 35.2 Å². The van der Waals surface area contributed by atoms with Crippen LogP contribution in [0.3, 0.4) is 0 Å². The predicted octanol–water partition coefficient (Wildman–Crippen LogP) is 9.92. The Bertz CT molecular complexity index is 2080. The van der Waals surface area contributed by atoms with Crippen molar-refractivity contribution in [1.82, 2.24) is 31.0 Å². The van der Waals surface area contributed by atoms with Gasteiger partial charge in [0.1, 0.15) is 12.2 Å². The van der Waals surface area contributed by atoms with Crippen molar-refractivity contribution in [1.29, 1.82) is 0 Å². The van der Waals surface area contributed by atoms with E-state index < -0.39 is 17.9 Å². The number of aromatic amines is 2. The third kappa shape index (κ3) is 9.53. The Morgan fingerprint density at radius 3 is 1.79 bits per heavy atom. The second-order valence-electron chi connectivity index (χ2n) is 16.4. The molecule has 2 fully saturated rings. The molecule has 4 aliphatic carbocycles. The Morgan fingerprint density at radius 2 is 1.22 bits per heavy atom. The molecule has 2 heterocycles. The largest absolute Gasteiger partial charge is 0.446 e. The van der Waals surface area contributed by atoms with Crippen LogP contribution in [0.1, 0.15) is 125 Å². The van der Waals surface area contributed by atoms with E-state index in [0.29, 0.717) is 53.4 Å². The van der Waals surface area contributed by atoms with Crippen molar-refractivity contribution in [2.45, 2.75) is 140 Å². The fraction of sp³-hybridized carbons (Fsp3) is 0.524. The van der Waals surface area contributed by atoms with Crippen molar-refractivity contribution in [2.75, 3.05) is 10.6 Å². The lowest BCUT2D eigenvalue weighted by molar-refractivity contribution is -0.00217. The van der Waals surface area contributed by atoms with Gasteiger partial charge in [0.05, 0.1) is 0 Å². The molecule has 2 aromatic carbocycles. The quantitative estimate of drug-likeness (QED) is 0.0865. The third-order valence-electron chi connectivity index (χ3n) is 11.2. The van der Waals surface area contributed by atoms with Crippen molar-refractivity contribution < 1.29 is 36.6 Å². The molecule has 4 aromatic rings. The number of rotatable bonds is 10. The van der Waals surface area contributed by atoms with Crippen LogP contribution in [0.5, 0.6) is 0 Å². The van der Waals surface area contributed by atoms with Gasteiger partial charge in [0.25, 0.3) is 11.8 Å². The number of carbonyl (C=O) groups excluding carboxylic acids is 2. The highest BCUT2D eigenvalue weighted by molar-refractivity contribution is 5.69. The Morgan fingerprint density at radius 1 is 0.707 bits per heavy atom. The summed E-state index contributed by atoms with van der Waals surface area (Å²) in [6.45, 7) is 7.55. The van der Waals surface area contributed by atoms with Crippen LogP contribution in [0.25, 0.3) is 0 Å². The molecule has 2 aromatic heterocycles. The lowest BCUT2D eigenvalue weighted by Gasteiger charge is -2.15. The van der Waals surface area contributed by atoms with Gasteiger partial charge in [-0.3, -0.25) is 10.2 Å². The van der Waals surface area contributed by atoms with E-state index in [4.69, 9.17) is 9.47 Å². The number of aromatic nitrogens is 4. The Labute approximate surface area is 335 Å². The minimum absolute atomic E-state index is 0.0350. The number of nitrogens with zero attached hydrogens (tertiary/aromatic N) is 2. The zero-order chi connectivity index (χ0) is 41.2. The summed E-state index contributed by atoms with van der Waals surface area (Å²) in [7, 11) is 0. The van der Waals surface area contributed by atoms with E-state index in [-0.39, 0.29) is 66.2 Å². The molecular formula is C42H52F4N8O4. The van der Waals surface area contributed by atoms with Gasteiger partial charge < -0.3 is 30.7 Å². The molecule has 16 heteroatoms. The molecule has 1 unspecified atom stereocenters. The standard InChI is InChI=1S/2C21H26F2N4O2/c1-12(2)24-20(28)29-14-7-6-13(10-14)18-11-19(27-26-18)25-17-5-3-4-16-15(17)8-9-21(16,22)23;1-12(2)24-20(28)29-15-7-6-14(10-15)17-11-18(27-26-17)25-16-5-3-4-13-8-9-21(22,23)19(13)16/h3-5,11-14H,6-10H2,1-2H3,(H,24,28)(H2,25,26,27);3-5,11-12,14-15H,6-10H2,1-2H3,(H,24,28)(H2,25,26,27)/t13-,14?;14-,15+/m00/s1. The maximum atomic E-state index is 14.3. The number of nitrogens with one attached hydrogen (secondary N) is 6. The number of anilines is 4. The van der Waals surface area contributed by atoms with Crippen LogP contribution >= 0.6 is 0 Å². The first kappa shape index (κ1) is 40.9. The van der Waals surface area contributed by atoms with Gasteiger partial charge in [0.15, 0.2) is 11.6 Å². The summed E-state index contributed by atoms with van der Waals surface area (Å²) in [4.78, 5) is 23.6. The second kappa shape index (κ2) is 16.9. The smallest absolute Gasteiger partial charge is 0.407 e. The van der Waals surface area contributed by atoms with E-state index in [1.54, 1.807) is 30.3 Å². The fourth-order valence-electron chi connectivity index (χ4n) is 8.49. The van der Waals surface area contributed by atoms with E-state index >= 15 is 0 Å². The summed E-state index contributed by atoms with van der Waals surface area (Å²) in [5, 5.41) is 26.3. The molecule has 6 N–H and O–H groups in total. The average molecular weight is 809 g/mol. The lowest BCUT2D eigenvalue weighted by Crippen LogP contribution is -2.33. The van der Waals surface area contributed by atoms with Gasteiger partial charge >= 0.3 is 12.2 Å². The summed E-state index contributed by atoms with van der Waals surface area (Å²) < 4.78 is 67.4. The Kier molecular flexibility index (Phi) is 11.9. The number of carbonyl (C=O) groups is 2. The summed E-state index contributed by atoms with van der Waals surface area (Å²) in [6.07, 6.45) is 4.23. The third-order valence-corrected chi connectivity index (χ3v) is 11.2. The molecule has 0 saturated heterocycles. The van der Waals surface area contributed by atoms with Crippen LogP contribution in [-0.2, 0) is 34.2 Å². The van der Waals surface area contributed by atoms with Gasteiger partial charge in [-0.25, -0.2) is 27.2 Å². The van der Waals surface area contributed by atoms with E-state index in [0.717, 1.165) is 43.5 Å². The molecule has 0 spiro atoms. The number of alkyl carbamates (subject to hydrolysis) is 2. The van der Waals surface area contributed by atoms with Crippen molar-refractivity contribution in [2.24, 2.45) is 0 Å². The molecule has 0 bridgehead atoms. The molecule has 58 heavy (non-hydrogen) atoms. The highest BCUT2D eigenvalue weighted by atomic mass is 19.3. The van der Waals surface area contributed by atoms with Crippen LogP contribution in [0.15, 0.2) is 48.5 Å². The summed E-state index contributed by atoms with van der Waals surface area (Å²) >= 11 is 0. The summed E-state index contributed by atoms with van der Waals surface area (Å²) in [5.41, 5.74) is 4.49. The minimum atomic E-state index is -2.81. The van der Waals surface area contributed by atoms with E-state index in [1.807, 2.05) is 39.8 Å².